The van der Waals surface area contributed by atoms with Crippen LogP contribution in [-0.4, -0.2) is 13.4 Å². The van der Waals surface area contributed by atoms with E-state index >= 15 is 0 Å². The molecule has 0 amide bonds. The van der Waals surface area contributed by atoms with E-state index in [0.29, 0.717) is 10.6 Å². The Kier molecular flexibility index (Phi) is 2.80. The summed E-state index contributed by atoms with van der Waals surface area (Å²) in [5.74, 6) is 0.0974. The molecule has 1 aliphatic heterocycles. The van der Waals surface area contributed by atoms with Crippen molar-refractivity contribution in [2.45, 2.75) is 0 Å². The zero-order chi connectivity index (χ0) is 13.5. The van der Waals surface area contributed by atoms with Gasteiger partial charge in [-0.05, 0) is 29.8 Å². The summed E-state index contributed by atoms with van der Waals surface area (Å²) in [7, 11) is -3.64. The molecule has 4 nitrogen and oxygen atoms in total. The van der Waals surface area contributed by atoms with Gasteiger partial charge in [0, 0.05) is 22.3 Å². The van der Waals surface area contributed by atoms with Gasteiger partial charge in [0.1, 0.15) is 0 Å². The van der Waals surface area contributed by atoms with Gasteiger partial charge in [0.25, 0.3) is 0 Å². The minimum absolute atomic E-state index is 0.0974. The molecule has 1 aliphatic rings. The lowest BCUT2D eigenvalue weighted by atomic mass is 10.1. The third-order valence-electron chi connectivity index (χ3n) is 2.67. The average Bonchev–Trinajstić information content (AvgIpc) is 2.38. The van der Waals surface area contributed by atoms with Gasteiger partial charge in [0.2, 0.25) is 5.88 Å². The van der Waals surface area contributed by atoms with E-state index in [-0.39, 0.29) is 5.88 Å². The largest absolute Gasteiger partial charge is 0.358 e. The van der Waals surface area contributed by atoms with E-state index in [1.807, 2.05) is 18.2 Å². The molecule has 0 fully saturated rings. The average molecular weight is 294 g/mol. The third kappa shape index (κ3) is 2.47. The van der Waals surface area contributed by atoms with Crippen LogP contribution in [0, 0.1) is 0 Å². The molecule has 1 aromatic carbocycles. The second kappa shape index (κ2) is 4.36. The molecule has 0 unspecified atom stereocenters. The molecule has 0 bridgehead atoms. The lowest BCUT2D eigenvalue weighted by Gasteiger charge is -2.11. The number of halogens is 1. The van der Waals surface area contributed by atoms with Crippen LogP contribution in [0.3, 0.4) is 0 Å². The zero-order valence-electron chi connectivity index (χ0n) is 9.58. The van der Waals surface area contributed by atoms with Crippen LogP contribution in [-0.2, 0) is 10.1 Å². The Balaban J connectivity index is 2.05. The smallest absolute Gasteiger partial charge is 0.333 e. The molecule has 2 heterocycles. The monoisotopic (exact) mass is 293 g/mol. The van der Waals surface area contributed by atoms with Gasteiger partial charge < -0.3 is 4.18 Å². The highest BCUT2D eigenvalue weighted by Crippen LogP contribution is 2.29. The first-order valence-corrected chi connectivity index (χ1v) is 7.27. The van der Waals surface area contributed by atoms with Gasteiger partial charge in [0.05, 0.1) is 5.41 Å². The summed E-state index contributed by atoms with van der Waals surface area (Å²) in [5.41, 5.74) is 2.44. The maximum absolute atomic E-state index is 11.2. The van der Waals surface area contributed by atoms with Crippen LogP contribution in [0.4, 0.5) is 0 Å². The fourth-order valence-electron chi connectivity index (χ4n) is 1.75. The van der Waals surface area contributed by atoms with Gasteiger partial charge in [-0.25, -0.2) is 4.98 Å². The van der Waals surface area contributed by atoms with E-state index in [2.05, 4.69) is 4.98 Å². The maximum Gasteiger partial charge on any atom is 0.333 e. The summed E-state index contributed by atoms with van der Waals surface area (Å²) in [5, 5.41) is 1.67. The van der Waals surface area contributed by atoms with Crippen LogP contribution in [0.2, 0.25) is 5.02 Å². The van der Waals surface area contributed by atoms with Crippen molar-refractivity contribution in [3.8, 4) is 17.0 Å². The Hall–Kier alpha value is -1.85. The Bertz CT molecular complexity index is 767. The Morgan fingerprint density at radius 2 is 1.84 bits per heavy atom. The van der Waals surface area contributed by atoms with Gasteiger partial charge in [-0.2, -0.15) is 8.42 Å². The minimum Gasteiger partial charge on any atom is -0.358 e. The third-order valence-corrected chi connectivity index (χ3v) is 3.78. The molecule has 96 valence electrons. The van der Waals surface area contributed by atoms with E-state index in [4.69, 9.17) is 15.8 Å². The summed E-state index contributed by atoms with van der Waals surface area (Å²) in [6.07, 6.45) is 3.04. The zero-order valence-corrected chi connectivity index (χ0v) is 11.1. The van der Waals surface area contributed by atoms with Crippen LogP contribution in [0.1, 0.15) is 5.56 Å². The van der Waals surface area contributed by atoms with Gasteiger partial charge in [0.15, 0.2) is 0 Å². The van der Waals surface area contributed by atoms with Crippen LogP contribution in [0.5, 0.6) is 5.88 Å². The van der Waals surface area contributed by atoms with Crippen molar-refractivity contribution in [2.24, 2.45) is 0 Å². The van der Waals surface area contributed by atoms with Gasteiger partial charge >= 0.3 is 10.1 Å². The second-order valence-electron chi connectivity index (χ2n) is 4.00. The number of rotatable bonds is 1. The molecule has 0 spiro atoms. The molecule has 3 rings (SSSR count). The number of aromatic nitrogens is 1. The van der Waals surface area contributed by atoms with Crippen molar-refractivity contribution in [3.05, 3.63) is 52.5 Å². The molecule has 0 saturated carbocycles. The van der Waals surface area contributed by atoms with Crippen molar-refractivity contribution < 1.29 is 12.6 Å². The highest BCUT2D eigenvalue weighted by atomic mass is 35.5. The van der Waals surface area contributed by atoms with E-state index in [1.165, 1.54) is 6.08 Å². The number of nitrogens with zero attached hydrogens (tertiary/aromatic N) is 1. The van der Waals surface area contributed by atoms with Crippen molar-refractivity contribution in [3.63, 3.8) is 0 Å². The molecule has 0 N–H and O–H groups in total. The molecular formula is C13H8ClNO3S. The van der Waals surface area contributed by atoms with E-state index in [1.54, 1.807) is 18.3 Å². The van der Waals surface area contributed by atoms with Crippen LogP contribution < -0.4 is 4.18 Å². The molecule has 1 aromatic heterocycles. The predicted molar refractivity (Wildman–Crippen MR) is 73.3 cm³/mol. The fraction of sp³-hybridized carbons (Fsp3) is 0. The SMILES string of the molecule is O=S1(=O)C=Cc2cc(-c3ccc(Cl)cc3)cnc2O1. The van der Waals surface area contributed by atoms with Crippen molar-refractivity contribution in [1.29, 1.82) is 0 Å². The first-order chi connectivity index (χ1) is 9.03. The first-order valence-electron chi connectivity index (χ1n) is 5.42. The molecule has 0 aliphatic carbocycles. The van der Waals surface area contributed by atoms with Crippen molar-refractivity contribution in [1.82, 2.24) is 4.98 Å². The van der Waals surface area contributed by atoms with Crippen LogP contribution >= 0.6 is 11.6 Å². The lowest BCUT2D eigenvalue weighted by Crippen LogP contribution is -2.10. The Morgan fingerprint density at radius 1 is 1.11 bits per heavy atom. The molecule has 2 aromatic rings. The highest BCUT2D eigenvalue weighted by Gasteiger charge is 2.18. The topological polar surface area (TPSA) is 56.3 Å². The van der Waals surface area contributed by atoms with Crippen molar-refractivity contribution in [2.75, 3.05) is 0 Å². The van der Waals surface area contributed by atoms with E-state index in [0.717, 1.165) is 16.5 Å². The summed E-state index contributed by atoms with van der Waals surface area (Å²) < 4.78 is 27.3. The van der Waals surface area contributed by atoms with E-state index in [9.17, 15) is 8.42 Å². The standard InChI is InChI=1S/C13H8ClNO3S/c14-12-3-1-9(2-4-12)11-7-10-5-6-19(16,17)18-13(10)15-8-11/h1-8H. The number of fused-ring (bicyclic) bond motifs is 1. The second-order valence-corrected chi connectivity index (χ2v) is 5.87. The van der Waals surface area contributed by atoms with Gasteiger partial charge in [-0.3, -0.25) is 0 Å². The summed E-state index contributed by atoms with van der Waals surface area (Å²) in [6.45, 7) is 0. The van der Waals surface area contributed by atoms with Gasteiger partial charge in [-0.15, -0.1) is 0 Å². The maximum atomic E-state index is 11.2. The Morgan fingerprint density at radius 3 is 2.58 bits per heavy atom. The highest BCUT2D eigenvalue weighted by molar-refractivity contribution is 7.90. The van der Waals surface area contributed by atoms with E-state index < -0.39 is 10.1 Å². The first kappa shape index (κ1) is 12.2. The van der Waals surface area contributed by atoms with Crippen LogP contribution in [0.25, 0.3) is 17.2 Å². The predicted octanol–water partition coefficient (Wildman–Crippen LogP) is 3.09. The molecule has 0 radical (unpaired) electrons. The summed E-state index contributed by atoms with van der Waals surface area (Å²) >= 11 is 5.83. The van der Waals surface area contributed by atoms with Crippen LogP contribution in [0.15, 0.2) is 41.9 Å². The number of benzene rings is 1. The number of hydrogen-bond donors (Lipinski definition) is 0. The minimum atomic E-state index is -3.64. The molecule has 0 saturated heterocycles. The molecule has 19 heavy (non-hydrogen) atoms. The number of hydrogen-bond acceptors (Lipinski definition) is 4. The Labute approximate surface area is 115 Å². The lowest BCUT2D eigenvalue weighted by molar-refractivity contribution is 0.484. The molecular weight excluding hydrogens is 286 g/mol. The van der Waals surface area contributed by atoms with Crippen molar-refractivity contribution >= 4 is 27.8 Å². The summed E-state index contributed by atoms with van der Waals surface area (Å²) in [6, 6.07) is 9.13. The quantitative estimate of drug-likeness (QED) is 0.758. The normalized spacial score (nSPS) is 15.6. The fourth-order valence-corrected chi connectivity index (χ4v) is 2.61. The molecule has 6 heteroatoms. The number of pyridine rings is 1. The molecule has 0 atom stereocenters. The van der Waals surface area contributed by atoms with Gasteiger partial charge in [-0.1, -0.05) is 23.7 Å². The summed E-state index contributed by atoms with van der Waals surface area (Å²) in [4.78, 5) is 4.03.